The van der Waals surface area contributed by atoms with E-state index in [1.54, 1.807) is 0 Å². The summed E-state index contributed by atoms with van der Waals surface area (Å²) >= 11 is 0.989. The van der Waals surface area contributed by atoms with Crippen LogP contribution in [0.2, 0.25) is 0 Å². The van der Waals surface area contributed by atoms with Crippen LogP contribution in [-0.2, 0) is 10.0 Å². The molecule has 1 aromatic heterocycles. The molecule has 156 valence electrons. The van der Waals surface area contributed by atoms with E-state index >= 15 is 0 Å². The molecule has 1 heterocycles. The maximum atomic E-state index is 12.5. The molecule has 30 heavy (non-hydrogen) atoms. The highest BCUT2D eigenvalue weighted by Gasteiger charge is 2.22. The average molecular weight is 451 g/mol. The van der Waals surface area contributed by atoms with Gasteiger partial charge in [0, 0.05) is 26.2 Å². The van der Waals surface area contributed by atoms with Crippen molar-refractivity contribution in [2.45, 2.75) is 4.90 Å². The Bertz CT molecular complexity index is 1270. The summed E-state index contributed by atoms with van der Waals surface area (Å²) in [5.74, 6) is -0.831. The molecule has 3 rings (SSSR count). The van der Waals surface area contributed by atoms with Gasteiger partial charge in [0.2, 0.25) is 10.0 Å². The third kappa shape index (κ3) is 4.10. The van der Waals surface area contributed by atoms with Crippen molar-refractivity contribution in [3.8, 4) is 0 Å². The first-order chi connectivity index (χ1) is 14.0. The first kappa shape index (κ1) is 21.2. The van der Waals surface area contributed by atoms with Crippen molar-refractivity contribution in [1.82, 2.24) is 9.29 Å². The summed E-state index contributed by atoms with van der Waals surface area (Å²) in [5.41, 5.74) is -1.06. The fourth-order valence-corrected chi connectivity index (χ4v) is 4.34. The minimum Gasteiger partial charge on any atom is -0.298 e. The number of nitro benzene ring substituents is 2. The van der Waals surface area contributed by atoms with Gasteiger partial charge in [-0.25, -0.2) is 17.7 Å². The van der Waals surface area contributed by atoms with E-state index in [0.717, 1.165) is 33.8 Å². The number of amides is 1. The smallest absolute Gasteiger partial charge is 0.277 e. The summed E-state index contributed by atoms with van der Waals surface area (Å²) in [6.07, 6.45) is 0. The minimum absolute atomic E-state index is 0.0517. The predicted molar refractivity (Wildman–Crippen MR) is 108 cm³/mol. The SMILES string of the molecule is CN(C)S(=O)(=O)c1ccc2nc(NC(=O)c3cc([N+](=O)[O-])cc([N+](=O)[O-])c3)sc2c1. The molecule has 0 fully saturated rings. The third-order valence-electron chi connectivity index (χ3n) is 3.95. The van der Waals surface area contributed by atoms with E-state index in [2.05, 4.69) is 10.3 Å². The van der Waals surface area contributed by atoms with E-state index in [1.165, 1.54) is 32.3 Å². The van der Waals surface area contributed by atoms with Crippen LogP contribution in [0.3, 0.4) is 0 Å². The number of nitro groups is 2. The second kappa shape index (κ2) is 7.74. The number of nitrogens with one attached hydrogen (secondary N) is 1. The molecule has 14 heteroatoms. The lowest BCUT2D eigenvalue weighted by atomic mass is 10.1. The van der Waals surface area contributed by atoms with E-state index in [0.29, 0.717) is 10.2 Å². The Morgan fingerprint density at radius 3 is 2.20 bits per heavy atom. The third-order valence-corrected chi connectivity index (χ3v) is 6.69. The highest BCUT2D eigenvalue weighted by atomic mass is 32.2. The maximum absolute atomic E-state index is 12.5. The number of hydrogen-bond donors (Lipinski definition) is 1. The van der Waals surface area contributed by atoms with Gasteiger partial charge in [-0.2, -0.15) is 0 Å². The summed E-state index contributed by atoms with van der Waals surface area (Å²) in [6, 6.07) is 6.86. The first-order valence-electron chi connectivity index (χ1n) is 8.07. The number of anilines is 1. The van der Waals surface area contributed by atoms with Crippen molar-refractivity contribution in [1.29, 1.82) is 0 Å². The van der Waals surface area contributed by atoms with Crippen molar-refractivity contribution in [3.63, 3.8) is 0 Å². The molecule has 0 radical (unpaired) electrons. The Morgan fingerprint density at radius 2 is 1.67 bits per heavy atom. The molecule has 12 nitrogen and oxygen atoms in total. The average Bonchev–Trinajstić information content (AvgIpc) is 3.08. The maximum Gasteiger partial charge on any atom is 0.277 e. The molecule has 0 aliphatic rings. The fourth-order valence-electron chi connectivity index (χ4n) is 2.44. The van der Waals surface area contributed by atoms with E-state index in [-0.39, 0.29) is 15.6 Å². The van der Waals surface area contributed by atoms with Crippen molar-refractivity contribution in [2.75, 3.05) is 19.4 Å². The van der Waals surface area contributed by atoms with Gasteiger partial charge in [-0.05, 0) is 18.2 Å². The number of sulfonamides is 1. The monoisotopic (exact) mass is 451 g/mol. The zero-order chi connectivity index (χ0) is 22.2. The number of benzene rings is 2. The molecule has 0 atom stereocenters. The molecule has 0 aliphatic carbocycles. The van der Waals surface area contributed by atoms with Gasteiger partial charge in [-0.15, -0.1) is 0 Å². The van der Waals surface area contributed by atoms with E-state index in [4.69, 9.17) is 0 Å². The molecule has 0 saturated heterocycles. The van der Waals surface area contributed by atoms with E-state index < -0.39 is 37.2 Å². The van der Waals surface area contributed by atoms with Gasteiger partial charge in [0.05, 0.1) is 36.6 Å². The summed E-state index contributed by atoms with van der Waals surface area (Å²) in [4.78, 5) is 37.0. The molecule has 2 aromatic carbocycles. The quantitative estimate of drug-likeness (QED) is 0.441. The van der Waals surface area contributed by atoms with Crippen LogP contribution in [0.5, 0.6) is 0 Å². The van der Waals surface area contributed by atoms with E-state index in [9.17, 15) is 33.4 Å². The number of aromatic nitrogens is 1. The first-order valence-corrected chi connectivity index (χ1v) is 10.3. The van der Waals surface area contributed by atoms with Crippen molar-refractivity contribution in [3.05, 3.63) is 62.2 Å². The van der Waals surface area contributed by atoms with Crippen LogP contribution in [-0.4, -0.2) is 47.6 Å². The number of thiazole rings is 1. The zero-order valence-corrected chi connectivity index (χ0v) is 17.1. The van der Waals surface area contributed by atoms with Crippen LogP contribution in [0.1, 0.15) is 10.4 Å². The molecule has 0 bridgehead atoms. The number of rotatable bonds is 6. The number of carbonyl (C=O) groups excluding carboxylic acids is 1. The second-order valence-corrected chi connectivity index (χ2v) is 9.32. The molecular formula is C16H13N5O7S2. The number of hydrogen-bond acceptors (Lipinski definition) is 9. The Balaban J connectivity index is 1.94. The number of non-ortho nitro benzene ring substituents is 2. The van der Waals surface area contributed by atoms with Crippen LogP contribution in [0, 0.1) is 20.2 Å². The van der Waals surface area contributed by atoms with Gasteiger partial charge in [0.15, 0.2) is 5.13 Å². The lowest BCUT2D eigenvalue weighted by molar-refractivity contribution is -0.394. The second-order valence-electron chi connectivity index (χ2n) is 6.14. The van der Waals surface area contributed by atoms with Gasteiger partial charge < -0.3 is 0 Å². The Hall–Kier alpha value is -3.49. The van der Waals surface area contributed by atoms with Crippen molar-refractivity contribution >= 4 is 54.0 Å². The highest BCUT2D eigenvalue weighted by Crippen LogP contribution is 2.30. The zero-order valence-electron chi connectivity index (χ0n) is 15.4. The fraction of sp³-hybridized carbons (Fsp3) is 0.125. The normalized spacial score (nSPS) is 11.6. The number of carbonyl (C=O) groups is 1. The molecular weight excluding hydrogens is 438 g/mol. The van der Waals surface area contributed by atoms with Gasteiger partial charge in [-0.3, -0.25) is 30.3 Å². The van der Waals surface area contributed by atoms with Crippen LogP contribution < -0.4 is 5.32 Å². The Kier molecular flexibility index (Phi) is 5.47. The molecule has 1 N–H and O–H groups in total. The Labute approximate surface area is 173 Å². The molecule has 1 amide bonds. The summed E-state index contributed by atoms with van der Waals surface area (Å²) in [6.45, 7) is 0. The summed E-state index contributed by atoms with van der Waals surface area (Å²) < 4.78 is 26.0. The Morgan fingerprint density at radius 1 is 1.07 bits per heavy atom. The largest absolute Gasteiger partial charge is 0.298 e. The van der Waals surface area contributed by atoms with Crippen LogP contribution in [0.4, 0.5) is 16.5 Å². The van der Waals surface area contributed by atoms with Gasteiger partial charge in [-0.1, -0.05) is 11.3 Å². The molecule has 0 unspecified atom stereocenters. The van der Waals surface area contributed by atoms with Gasteiger partial charge >= 0.3 is 0 Å². The van der Waals surface area contributed by atoms with Crippen LogP contribution in [0.15, 0.2) is 41.3 Å². The molecule has 0 saturated carbocycles. The van der Waals surface area contributed by atoms with Gasteiger partial charge in [0.1, 0.15) is 0 Å². The highest BCUT2D eigenvalue weighted by molar-refractivity contribution is 7.89. The molecule has 3 aromatic rings. The minimum atomic E-state index is -3.65. The predicted octanol–water partition coefficient (Wildman–Crippen LogP) is 2.62. The van der Waals surface area contributed by atoms with Crippen LogP contribution >= 0.6 is 11.3 Å². The molecule has 0 spiro atoms. The van der Waals surface area contributed by atoms with Crippen LogP contribution in [0.25, 0.3) is 10.2 Å². The number of fused-ring (bicyclic) bond motifs is 1. The topological polar surface area (TPSA) is 166 Å². The summed E-state index contributed by atoms with van der Waals surface area (Å²) in [5, 5.41) is 24.5. The standard InChI is InChI=1S/C16H13N5O7S2/c1-19(2)30(27,28)12-3-4-13-14(8-12)29-16(17-13)18-15(22)9-5-10(20(23)24)7-11(6-9)21(25)26/h3-8H,1-2H3,(H,17,18,22). The molecule has 0 aliphatic heterocycles. The van der Waals surface area contributed by atoms with Crippen molar-refractivity contribution in [2.24, 2.45) is 0 Å². The van der Waals surface area contributed by atoms with E-state index in [1.807, 2.05) is 0 Å². The summed E-state index contributed by atoms with van der Waals surface area (Å²) in [7, 11) is -0.856. The lowest BCUT2D eigenvalue weighted by Crippen LogP contribution is -2.22. The number of nitrogens with zero attached hydrogens (tertiary/aromatic N) is 4. The lowest BCUT2D eigenvalue weighted by Gasteiger charge is -2.10. The van der Waals surface area contributed by atoms with Crippen molar-refractivity contribution < 1.29 is 23.1 Å². The van der Waals surface area contributed by atoms with Gasteiger partial charge in [0.25, 0.3) is 17.3 Å².